The standard InChI is InChI=1S/C8H5NOS/c9-5-7(1-3-10)8-2-4-11-6-8/h1-4,6H. The van der Waals surface area contributed by atoms with Crippen LogP contribution < -0.4 is 0 Å². The molecule has 0 amide bonds. The molecule has 0 bridgehead atoms. The Kier molecular flexibility index (Phi) is 2.59. The minimum absolute atomic E-state index is 0.418. The summed E-state index contributed by atoms with van der Waals surface area (Å²) in [6, 6.07) is 3.75. The minimum atomic E-state index is 0.418. The van der Waals surface area contributed by atoms with Gasteiger partial charge in [0.05, 0.1) is 11.6 Å². The third-order valence-electron chi connectivity index (χ3n) is 1.19. The molecule has 0 aliphatic carbocycles. The second kappa shape index (κ2) is 3.69. The van der Waals surface area contributed by atoms with Crippen molar-refractivity contribution >= 4 is 23.2 Å². The zero-order chi connectivity index (χ0) is 8.10. The molecule has 2 nitrogen and oxygen atoms in total. The van der Waals surface area contributed by atoms with Gasteiger partial charge < -0.3 is 0 Å². The second-order valence-corrected chi connectivity index (χ2v) is 2.62. The quantitative estimate of drug-likeness (QED) is 0.379. The van der Waals surface area contributed by atoms with Gasteiger partial charge in [0.1, 0.15) is 6.29 Å². The first-order valence-corrected chi connectivity index (χ1v) is 3.91. The number of thiophene rings is 1. The van der Waals surface area contributed by atoms with Crippen molar-refractivity contribution in [3.8, 4) is 6.07 Å². The molecule has 1 aromatic heterocycles. The van der Waals surface area contributed by atoms with Crippen molar-refractivity contribution in [2.75, 3.05) is 0 Å². The highest BCUT2D eigenvalue weighted by Crippen LogP contribution is 2.15. The molecule has 0 saturated heterocycles. The number of allylic oxidation sites excluding steroid dienone is 2. The predicted molar refractivity (Wildman–Crippen MR) is 44.0 cm³/mol. The summed E-state index contributed by atoms with van der Waals surface area (Å²) >= 11 is 1.50. The molecular weight excluding hydrogens is 158 g/mol. The number of aldehydes is 1. The van der Waals surface area contributed by atoms with Gasteiger partial charge >= 0.3 is 0 Å². The molecule has 0 aliphatic rings. The van der Waals surface area contributed by atoms with Crippen LogP contribution in [0, 0.1) is 11.3 Å². The lowest BCUT2D eigenvalue weighted by Gasteiger charge is -1.87. The van der Waals surface area contributed by atoms with Crippen molar-refractivity contribution in [1.82, 2.24) is 0 Å². The number of carbonyl (C=O) groups is 1. The van der Waals surface area contributed by atoms with Gasteiger partial charge in [-0.3, -0.25) is 4.79 Å². The molecule has 0 unspecified atom stereocenters. The molecule has 1 heterocycles. The van der Waals surface area contributed by atoms with Crippen LogP contribution in [-0.4, -0.2) is 6.29 Å². The Hall–Kier alpha value is -1.40. The Bertz CT molecular complexity index is 305. The normalized spacial score (nSPS) is 10.6. The van der Waals surface area contributed by atoms with E-state index in [-0.39, 0.29) is 0 Å². The summed E-state index contributed by atoms with van der Waals surface area (Å²) in [5.41, 5.74) is 1.23. The van der Waals surface area contributed by atoms with Crippen molar-refractivity contribution < 1.29 is 4.79 Å². The monoisotopic (exact) mass is 163 g/mol. The van der Waals surface area contributed by atoms with Crippen LogP contribution in [0.25, 0.3) is 5.57 Å². The van der Waals surface area contributed by atoms with Gasteiger partial charge in [0, 0.05) is 5.56 Å². The summed E-state index contributed by atoms with van der Waals surface area (Å²) in [4.78, 5) is 10.0. The summed E-state index contributed by atoms with van der Waals surface area (Å²) in [6.07, 6.45) is 1.89. The SMILES string of the molecule is N#CC(=CC=O)c1ccsc1. The Morgan fingerprint density at radius 1 is 1.73 bits per heavy atom. The molecule has 11 heavy (non-hydrogen) atoms. The summed E-state index contributed by atoms with van der Waals surface area (Å²) in [5, 5.41) is 12.3. The third-order valence-corrected chi connectivity index (χ3v) is 1.87. The Labute approximate surface area is 68.4 Å². The second-order valence-electron chi connectivity index (χ2n) is 1.84. The van der Waals surface area contributed by atoms with Crippen LogP contribution in [0.2, 0.25) is 0 Å². The molecule has 0 radical (unpaired) electrons. The summed E-state index contributed by atoms with van der Waals surface area (Å²) in [6.45, 7) is 0. The van der Waals surface area contributed by atoms with E-state index in [1.54, 1.807) is 0 Å². The zero-order valence-corrected chi connectivity index (χ0v) is 6.47. The van der Waals surface area contributed by atoms with Gasteiger partial charge in [0.2, 0.25) is 0 Å². The smallest absolute Gasteiger partial charge is 0.144 e. The average Bonchev–Trinajstić information content (AvgIpc) is 2.52. The molecule has 54 valence electrons. The van der Waals surface area contributed by atoms with E-state index in [2.05, 4.69) is 0 Å². The predicted octanol–water partition coefficient (Wildman–Crippen LogP) is 1.85. The third kappa shape index (κ3) is 1.76. The molecule has 1 aromatic rings. The molecule has 0 atom stereocenters. The molecular formula is C8H5NOS. The van der Waals surface area contributed by atoms with Gasteiger partial charge in [-0.1, -0.05) is 0 Å². The van der Waals surface area contributed by atoms with Crippen molar-refractivity contribution in [3.63, 3.8) is 0 Å². The first-order valence-electron chi connectivity index (χ1n) is 2.96. The fraction of sp³-hybridized carbons (Fsp3) is 0. The van der Waals surface area contributed by atoms with Crippen molar-refractivity contribution in [3.05, 3.63) is 28.5 Å². The molecule has 1 rings (SSSR count). The molecule has 0 saturated carbocycles. The maximum atomic E-state index is 10.0. The van der Waals surface area contributed by atoms with Gasteiger partial charge in [0.15, 0.2) is 0 Å². The largest absolute Gasteiger partial charge is 0.299 e. The van der Waals surface area contributed by atoms with Crippen LogP contribution in [0.5, 0.6) is 0 Å². The first kappa shape index (κ1) is 7.70. The number of rotatable bonds is 2. The number of hydrogen-bond acceptors (Lipinski definition) is 3. The zero-order valence-electron chi connectivity index (χ0n) is 5.65. The van der Waals surface area contributed by atoms with Crippen LogP contribution in [0.4, 0.5) is 0 Å². The van der Waals surface area contributed by atoms with Gasteiger partial charge in [-0.15, -0.1) is 0 Å². The maximum Gasteiger partial charge on any atom is 0.144 e. The highest BCUT2D eigenvalue weighted by atomic mass is 32.1. The van der Waals surface area contributed by atoms with Crippen LogP contribution in [0.3, 0.4) is 0 Å². The average molecular weight is 163 g/mol. The van der Waals surface area contributed by atoms with E-state index < -0.39 is 0 Å². The molecule has 0 aromatic carbocycles. The number of carbonyl (C=O) groups excluding carboxylic acids is 1. The molecule has 0 spiro atoms. The number of nitrogens with zero attached hydrogens (tertiary/aromatic N) is 1. The Morgan fingerprint density at radius 3 is 3.00 bits per heavy atom. The molecule has 0 fully saturated rings. The summed E-state index contributed by atoms with van der Waals surface area (Å²) in [5.74, 6) is 0. The van der Waals surface area contributed by atoms with Crippen molar-refractivity contribution in [1.29, 1.82) is 5.26 Å². The van der Waals surface area contributed by atoms with Gasteiger partial charge in [0.25, 0.3) is 0 Å². The summed E-state index contributed by atoms with van der Waals surface area (Å²) in [7, 11) is 0. The summed E-state index contributed by atoms with van der Waals surface area (Å²) < 4.78 is 0. The van der Waals surface area contributed by atoms with Gasteiger partial charge in [-0.2, -0.15) is 16.6 Å². The highest BCUT2D eigenvalue weighted by Gasteiger charge is 1.98. The molecule has 0 aliphatic heterocycles. The van der Waals surface area contributed by atoms with Crippen LogP contribution in [0.15, 0.2) is 22.9 Å². The molecule has 3 heteroatoms. The van der Waals surface area contributed by atoms with Crippen molar-refractivity contribution in [2.45, 2.75) is 0 Å². The van der Waals surface area contributed by atoms with Gasteiger partial charge in [-0.25, -0.2) is 0 Å². The maximum absolute atomic E-state index is 10.0. The first-order chi connectivity index (χ1) is 5.38. The van der Waals surface area contributed by atoms with Crippen LogP contribution in [-0.2, 0) is 4.79 Å². The molecule has 0 N–H and O–H groups in total. The van der Waals surface area contributed by atoms with Crippen LogP contribution >= 0.6 is 11.3 Å². The van der Waals surface area contributed by atoms with E-state index in [4.69, 9.17) is 5.26 Å². The van der Waals surface area contributed by atoms with E-state index in [1.807, 2.05) is 22.9 Å². The fourth-order valence-electron chi connectivity index (χ4n) is 0.684. The van der Waals surface area contributed by atoms with Gasteiger partial charge in [-0.05, 0) is 22.9 Å². The van der Waals surface area contributed by atoms with E-state index in [9.17, 15) is 4.79 Å². The topological polar surface area (TPSA) is 40.9 Å². The Balaban J connectivity index is 3.00. The Morgan fingerprint density at radius 2 is 2.55 bits per heavy atom. The lowest BCUT2D eigenvalue weighted by molar-refractivity contribution is -0.104. The van der Waals surface area contributed by atoms with E-state index >= 15 is 0 Å². The number of hydrogen-bond donors (Lipinski definition) is 0. The van der Waals surface area contributed by atoms with E-state index in [0.29, 0.717) is 11.9 Å². The minimum Gasteiger partial charge on any atom is -0.299 e. The lowest BCUT2D eigenvalue weighted by atomic mass is 10.1. The highest BCUT2D eigenvalue weighted by molar-refractivity contribution is 7.08. The fourth-order valence-corrected chi connectivity index (χ4v) is 1.34. The van der Waals surface area contributed by atoms with E-state index in [1.165, 1.54) is 17.4 Å². The van der Waals surface area contributed by atoms with E-state index in [0.717, 1.165) is 5.56 Å². The lowest BCUT2D eigenvalue weighted by Crippen LogP contribution is -1.75. The van der Waals surface area contributed by atoms with Crippen LogP contribution in [0.1, 0.15) is 5.56 Å². The van der Waals surface area contributed by atoms with Crippen molar-refractivity contribution in [2.24, 2.45) is 0 Å². The number of nitriles is 1.